The third-order valence-electron chi connectivity index (χ3n) is 1.05. The summed E-state index contributed by atoms with van der Waals surface area (Å²) in [7, 11) is 0. The van der Waals surface area contributed by atoms with Crippen LogP contribution in [-0.4, -0.2) is 6.29 Å². The van der Waals surface area contributed by atoms with Crippen LogP contribution in [0.5, 0.6) is 0 Å². The molecule has 0 N–H and O–H groups in total. The predicted octanol–water partition coefficient (Wildman–Crippen LogP) is 3.15. The standard InChI is InChI=1S/C6H3ClF2OS/c7-3-1-4(6(8)9)11-5(3)2-10/h1-2,6H. The van der Waals surface area contributed by atoms with E-state index in [2.05, 4.69) is 0 Å². The molecule has 0 unspecified atom stereocenters. The van der Waals surface area contributed by atoms with Crippen molar-refractivity contribution in [1.82, 2.24) is 0 Å². The summed E-state index contributed by atoms with van der Waals surface area (Å²) in [5, 5.41) is 0.0975. The maximum atomic E-state index is 11.9. The fraction of sp³-hybridized carbons (Fsp3) is 0.167. The molecule has 0 aromatic carbocycles. The van der Waals surface area contributed by atoms with Gasteiger partial charge in [-0.1, -0.05) is 11.6 Å². The highest BCUT2D eigenvalue weighted by atomic mass is 35.5. The van der Waals surface area contributed by atoms with Gasteiger partial charge in [0.1, 0.15) is 0 Å². The van der Waals surface area contributed by atoms with E-state index >= 15 is 0 Å². The summed E-state index contributed by atoms with van der Waals surface area (Å²) in [4.78, 5) is 10.1. The Kier molecular flexibility index (Phi) is 2.57. The van der Waals surface area contributed by atoms with E-state index < -0.39 is 6.43 Å². The van der Waals surface area contributed by atoms with Crippen molar-refractivity contribution in [2.45, 2.75) is 6.43 Å². The van der Waals surface area contributed by atoms with E-state index in [9.17, 15) is 13.6 Å². The quantitative estimate of drug-likeness (QED) is 0.664. The van der Waals surface area contributed by atoms with Gasteiger partial charge in [-0.15, -0.1) is 11.3 Å². The molecular formula is C6H3ClF2OS. The van der Waals surface area contributed by atoms with E-state index in [0.717, 1.165) is 17.4 Å². The van der Waals surface area contributed by atoms with E-state index in [0.29, 0.717) is 6.29 Å². The molecule has 11 heavy (non-hydrogen) atoms. The van der Waals surface area contributed by atoms with E-state index in [4.69, 9.17) is 11.6 Å². The first kappa shape index (κ1) is 8.62. The zero-order chi connectivity index (χ0) is 8.43. The molecule has 60 valence electrons. The summed E-state index contributed by atoms with van der Waals surface area (Å²) in [5.74, 6) is 0. The zero-order valence-corrected chi connectivity index (χ0v) is 6.75. The molecule has 1 aromatic rings. The zero-order valence-electron chi connectivity index (χ0n) is 5.18. The minimum Gasteiger partial charge on any atom is -0.297 e. The molecule has 0 fully saturated rings. The Hall–Kier alpha value is -0.480. The Balaban J connectivity index is 3.04. The Morgan fingerprint density at radius 3 is 2.55 bits per heavy atom. The van der Waals surface area contributed by atoms with Crippen molar-refractivity contribution in [2.75, 3.05) is 0 Å². The number of aldehydes is 1. The lowest BCUT2D eigenvalue weighted by atomic mass is 10.4. The average Bonchev–Trinajstić information content (AvgIpc) is 2.31. The van der Waals surface area contributed by atoms with Gasteiger partial charge in [0.2, 0.25) is 0 Å². The summed E-state index contributed by atoms with van der Waals surface area (Å²) in [6, 6.07) is 1.11. The highest BCUT2D eigenvalue weighted by Gasteiger charge is 2.13. The lowest BCUT2D eigenvalue weighted by Gasteiger charge is -1.87. The summed E-state index contributed by atoms with van der Waals surface area (Å²) in [6.07, 6.45) is -2.08. The van der Waals surface area contributed by atoms with Gasteiger partial charge in [-0.2, -0.15) is 0 Å². The first-order valence-corrected chi connectivity index (χ1v) is 3.87. The Morgan fingerprint density at radius 2 is 2.27 bits per heavy atom. The molecule has 0 atom stereocenters. The van der Waals surface area contributed by atoms with Gasteiger partial charge in [0, 0.05) is 0 Å². The number of hydrogen-bond donors (Lipinski definition) is 0. The predicted molar refractivity (Wildman–Crippen MR) is 39.7 cm³/mol. The molecule has 0 aliphatic carbocycles. The molecule has 0 spiro atoms. The Bertz CT molecular complexity index is 272. The van der Waals surface area contributed by atoms with E-state index in [1.54, 1.807) is 0 Å². The molecule has 1 heterocycles. The van der Waals surface area contributed by atoms with Gasteiger partial charge in [0.15, 0.2) is 6.29 Å². The molecule has 0 saturated carbocycles. The molecule has 0 aliphatic rings. The van der Waals surface area contributed by atoms with Crippen molar-refractivity contribution in [2.24, 2.45) is 0 Å². The monoisotopic (exact) mass is 196 g/mol. The lowest BCUT2D eigenvalue weighted by Crippen LogP contribution is -1.72. The summed E-state index contributed by atoms with van der Waals surface area (Å²) >= 11 is 6.15. The molecule has 5 heteroatoms. The number of hydrogen-bond acceptors (Lipinski definition) is 2. The summed E-state index contributed by atoms with van der Waals surface area (Å²) in [5.41, 5.74) is 0. The first-order valence-electron chi connectivity index (χ1n) is 2.67. The lowest BCUT2D eigenvalue weighted by molar-refractivity contribution is 0.112. The van der Waals surface area contributed by atoms with Crippen LogP contribution >= 0.6 is 22.9 Å². The second-order valence-corrected chi connectivity index (χ2v) is 3.30. The fourth-order valence-corrected chi connectivity index (χ4v) is 1.66. The first-order chi connectivity index (χ1) is 5.15. The van der Waals surface area contributed by atoms with E-state index in [1.807, 2.05) is 0 Å². The van der Waals surface area contributed by atoms with Crippen molar-refractivity contribution in [1.29, 1.82) is 0 Å². The van der Waals surface area contributed by atoms with Crippen molar-refractivity contribution in [3.8, 4) is 0 Å². The van der Waals surface area contributed by atoms with Crippen LogP contribution in [-0.2, 0) is 0 Å². The molecule has 0 amide bonds. The number of alkyl halides is 2. The normalized spacial score (nSPS) is 10.5. The summed E-state index contributed by atoms with van der Waals surface area (Å²) < 4.78 is 23.9. The van der Waals surface area contributed by atoms with Crippen LogP contribution in [0, 0.1) is 0 Å². The van der Waals surface area contributed by atoms with Crippen molar-refractivity contribution >= 4 is 29.2 Å². The number of thiophene rings is 1. The van der Waals surface area contributed by atoms with Crippen LogP contribution in [0.2, 0.25) is 5.02 Å². The van der Waals surface area contributed by atoms with Crippen molar-refractivity contribution in [3.05, 3.63) is 20.8 Å². The molecule has 0 bridgehead atoms. The van der Waals surface area contributed by atoms with Crippen LogP contribution in [0.4, 0.5) is 8.78 Å². The third kappa shape index (κ3) is 1.75. The van der Waals surface area contributed by atoms with Gasteiger partial charge < -0.3 is 0 Å². The van der Waals surface area contributed by atoms with Crippen molar-refractivity contribution < 1.29 is 13.6 Å². The molecular weight excluding hydrogens is 194 g/mol. The number of halogens is 3. The van der Waals surface area contributed by atoms with Crippen LogP contribution in [0.3, 0.4) is 0 Å². The summed E-state index contributed by atoms with van der Waals surface area (Å²) in [6.45, 7) is 0. The average molecular weight is 197 g/mol. The van der Waals surface area contributed by atoms with Gasteiger partial charge in [-0.3, -0.25) is 4.79 Å². The van der Waals surface area contributed by atoms with Gasteiger partial charge in [-0.05, 0) is 6.07 Å². The Labute approximate surface area is 70.6 Å². The maximum Gasteiger partial charge on any atom is 0.272 e. The van der Waals surface area contributed by atoms with Crippen LogP contribution in [0.1, 0.15) is 21.0 Å². The SMILES string of the molecule is O=Cc1sc(C(F)F)cc1Cl. The van der Waals surface area contributed by atoms with E-state index in [-0.39, 0.29) is 14.8 Å². The molecule has 0 saturated heterocycles. The number of carbonyl (C=O) groups is 1. The van der Waals surface area contributed by atoms with Crippen LogP contribution in [0.15, 0.2) is 6.07 Å². The van der Waals surface area contributed by atoms with Gasteiger partial charge in [0.25, 0.3) is 6.43 Å². The second-order valence-electron chi connectivity index (χ2n) is 1.78. The number of rotatable bonds is 2. The van der Waals surface area contributed by atoms with Gasteiger partial charge in [-0.25, -0.2) is 8.78 Å². The molecule has 0 aliphatic heterocycles. The topological polar surface area (TPSA) is 17.1 Å². The molecule has 1 aromatic heterocycles. The molecule has 0 radical (unpaired) electrons. The smallest absolute Gasteiger partial charge is 0.272 e. The highest BCUT2D eigenvalue weighted by Crippen LogP contribution is 2.32. The second kappa shape index (κ2) is 3.28. The Morgan fingerprint density at radius 1 is 1.64 bits per heavy atom. The fourth-order valence-electron chi connectivity index (χ4n) is 0.589. The minimum absolute atomic E-state index is 0.0975. The van der Waals surface area contributed by atoms with E-state index in [1.165, 1.54) is 0 Å². The van der Waals surface area contributed by atoms with Gasteiger partial charge in [0.05, 0.1) is 14.8 Å². The molecule has 1 nitrogen and oxygen atoms in total. The van der Waals surface area contributed by atoms with Crippen LogP contribution in [0.25, 0.3) is 0 Å². The number of carbonyl (C=O) groups excluding carboxylic acids is 1. The highest BCUT2D eigenvalue weighted by molar-refractivity contribution is 7.14. The van der Waals surface area contributed by atoms with Gasteiger partial charge >= 0.3 is 0 Å². The minimum atomic E-state index is -2.55. The molecule has 1 rings (SSSR count). The van der Waals surface area contributed by atoms with Crippen molar-refractivity contribution in [3.63, 3.8) is 0 Å². The largest absolute Gasteiger partial charge is 0.297 e. The maximum absolute atomic E-state index is 11.9. The van der Waals surface area contributed by atoms with Crippen LogP contribution < -0.4 is 0 Å². The third-order valence-corrected chi connectivity index (χ3v) is 2.55.